The van der Waals surface area contributed by atoms with Gasteiger partial charge in [-0.2, -0.15) is 0 Å². The van der Waals surface area contributed by atoms with Gasteiger partial charge in [-0.05, 0) is 46.5 Å². The standard InChI is InChI=1S/C13H21BrN2/c1-9(2)8-16(4)13-6-5-11(10(3)15)7-12(13)14/h5-7,9-10H,8,15H2,1-4H3/t10-/m0/s1. The van der Waals surface area contributed by atoms with Crippen LogP contribution in [0.3, 0.4) is 0 Å². The highest BCUT2D eigenvalue weighted by Gasteiger charge is 2.09. The van der Waals surface area contributed by atoms with E-state index < -0.39 is 0 Å². The average Bonchev–Trinajstić information content (AvgIpc) is 2.15. The Morgan fingerprint density at radius 2 is 1.94 bits per heavy atom. The number of anilines is 1. The third-order valence-corrected chi connectivity index (χ3v) is 3.18. The smallest absolute Gasteiger partial charge is 0.0508 e. The van der Waals surface area contributed by atoms with E-state index in [2.05, 4.69) is 59.9 Å². The molecule has 0 unspecified atom stereocenters. The van der Waals surface area contributed by atoms with Gasteiger partial charge in [-0.25, -0.2) is 0 Å². The largest absolute Gasteiger partial charge is 0.373 e. The van der Waals surface area contributed by atoms with Crippen molar-refractivity contribution in [2.75, 3.05) is 18.5 Å². The summed E-state index contributed by atoms with van der Waals surface area (Å²) in [5.41, 5.74) is 8.24. The van der Waals surface area contributed by atoms with Gasteiger partial charge in [0.2, 0.25) is 0 Å². The Morgan fingerprint density at radius 1 is 1.31 bits per heavy atom. The van der Waals surface area contributed by atoms with Crippen molar-refractivity contribution in [3.63, 3.8) is 0 Å². The van der Waals surface area contributed by atoms with E-state index in [1.165, 1.54) is 5.69 Å². The van der Waals surface area contributed by atoms with Crippen molar-refractivity contribution >= 4 is 21.6 Å². The fraction of sp³-hybridized carbons (Fsp3) is 0.538. The molecule has 0 heterocycles. The highest BCUT2D eigenvalue weighted by Crippen LogP contribution is 2.28. The molecule has 0 bridgehead atoms. The molecule has 0 fully saturated rings. The zero-order valence-corrected chi connectivity index (χ0v) is 12.1. The van der Waals surface area contributed by atoms with Crippen LogP contribution in [0.4, 0.5) is 5.69 Å². The van der Waals surface area contributed by atoms with Crippen molar-refractivity contribution in [2.24, 2.45) is 11.7 Å². The molecular formula is C13H21BrN2. The van der Waals surface area contributed by atoms with Crippen LogP contribution in [0.5, 0.6) is 0 Å². The van der Waals surface area contributed by atoms with Crippen LogP contribution in [0.25, 0.3) is 0 Å². The summed E-state index contributed by atoms with van der Waals surface area (Å²) in [5, 5.41) is 0. The summed E-state index contributed by atoms with van der Waals surface area (Å²) in [6.45, 7) is 7.50. The molecule has 0 aliphatic heterocycles. The Bertz CT molecular complexity index is 348. The Balaban J connectivity index is 2.90. The zero-order chi connectivity index (χ0) is 12.3. The second kappa shape index (κ2) is 5.69. The lowest BCUT2D eigenvalue weighted by molar-refractivity contribution is 0.638. The van der Waals surface area contributed by atoms with E-state index >= 15 is 0 Å². The van der Waals surface area contributed by atoms with Crippen LogP contribution in [0.15, 0.2) is 22.7 Å². The summed E-state index contributed by atoms with van der Waals surface area (Å²) < 4.78 is 1.12. The molecule has 3 heteroatoms. The van der Waals surface area contributed by atoms with E-state index in [1.54, 1.807) is 0 Å². The van der Waals surface area contributed by atoms with Crippen LogP contribution in [0, 0.1) is 5.92 Å². The predicted molar refractivity (Wildman–Crippen MR) is 74.9 cm³/mol. The third-order valence-electron chi connectivity index (χ3n) is 2.55. The molecule has 0 radical (unpaired) electrons. The number of hydrogen-bond donors (Lipinski definition) is 1. The fourth-order valence-corrected chi connectivity index (χ4v) is 2.46. The average molecular weight is 285 g/mol. The Hall–Kier alpha value is -0.540. The van der Waals surface area contributed by atoms with Crippen LogP contribution >= 0.6 is 15.9 Å². The minimum Gasteiger partial charge on any atom is -0.373 e. The summed E-state index contributed by atoms with van der Waals surface area (Å²) in [7, 11) is 2.12. The number of nitrogens with zero attached hydrogens (tertiary/aromatic N) is 1. The van der Waals surface area contributed by atoms with Gasteiger partial charge in [-0.1, -0.05) is 19.9 Å². The first-order valence-corrected chi connectivity index (χ1v) is 6.47. The van der Waals surface area contributed by atoms with Crippen molar-refractivity contribution in [3.05, 3.63) is 28.2 Å². The second-order valence-corrected chi connectivity index (χ2v) is 5.63. The predicted octanol–water partition coefficient (Wildman–Crippen LogP) is 3.56. The van der Waals surface area contributed by atoms with Crippen LogP contribution in [-0.2, 0) is 0 Å². The second-order valence-electron chi connectivity index (χ2n) is 4.77. The summed E-state index contributed by atoms with van der Waals surface area (Å²) in [6.07, 6.45) is 0. The molecule has 1 atom stereocenters. The maximum absolute atomic E-state index is 5.86. The lowest BCUT2D eigenvalue weighted by Crippen LogP contribution is -2.22. The van der Waals surface area contributed by atoms with Gasteiger partial charge in [0.25, 0.3) is 0 Å². The molecule has 2 nitrogen and oxygen atoms in total. The normalized spacial score (nSPS) is 12.9. The topological polar surface area (TPSA) is 29.3 Å². The maximum Gasteiger partial charge on any atom is 0.0508 e. The molecule has 0 saturated heterocycles. The SMILES string of the molecule is CC(C)CN(C)c1ccc([C@H](C)N)cc1Br. The van der Waals surface area contributed by atoms with E-state index in [9.17, 15) is 0 Å². The number of rotatable bonds is 4. The summed E-state index contributed by atoms with van der Waals surface area (Å²) in [4.78, 5) is 2.26. The van der Waals surface area contributed by atoms with E-state index in [4.69, 9.17) is 5.73 Å². The molecule has 0 amide bonds. The van der Waals surface area contributed by atoms with E-state index in [0.717, 1.165) is 16.6 Å². The number of benzene rings is 1. The molecule has 0 spiro atoms. The van der Waals surface area contributed by atoms with Gasteiger partial charge in [0, 0.05) is 24.1 Å². The first-order chi connectivity index (χ1) is 7.41. The van der Waals surface area contributed by atoms with Crippen molar-refractivity contribution in [1.29, 1.82) is 0 Å². The Morgan fingerprint density at radius 3 is 2.38 bits per heavy atom. The minimum absolute atomic E-state index is 0.0840. The lowest BCUT2D eigenvalue weighted by atomic mass is 10.1. The maximum atomic E-state index is 5.86. The van der Waals surface area contributed by atoms with Gasteiger partial charge >= 0.3 is 0 Å². The van der Waals surface area contributed by atoms with E-state index in [-0.39, 0.29) is 6.04 Å². The molecule has 0 saturated carbocycles. The van der Waals surface area contributed by atoms with Gasteiger partial charge in [-0.15, -0.1) is 0 Å². The number of nitrogens with two attached hydrogens (primary N) is 1. The fourth-order valence-electron chi connectivity index (χ4n) is 1.76. The molecule has 2 N–H and O–H groups in total. The summed E-state index contributed by atoms with van der Waals surface area (Å²) in [6, 6.07) is 6.42. The van der Waals surface area contributed by atoms with Crippen molar-refractivity contribution in [3.8, 4) is 0 Å². The molecule has 1 aromatic carbocycles. The van der Waals surface area contributed by atoms with Crippen molar-refractivity contribution in [1.82, 2.24) is 0 Å². The van der Waals surface area contributed by atoms with Gasteiger partial charge in [0.15, 0.2) is 0 Å². The lowest BCUT2D eigenvalue weighted by Gasteiger charge is -2.23. The van der Waals surface area contributed by atoms with Gasteiger partial charge in [0.05, 0.1) is 5.69 Å². The molecule has 0 aliphatic carbocycles. The van der Waals surface area contributed by atoms with Crippen molar-refractivity contribution in [2.45, 2.75) is 26.8 Å². The van der Waals surface area contributed by atoms with E-state index in [0.29, 0.717) is 5.92 Å². The van der Waals surface area contributed by atoms with Gasteiger partial charge < -0.3 is 10.6 Å². The molecule has 1 aromatic rings. The third kappa shape index (κ3) is 3.49. The van der Waals surface area contributed by atoms with Crippen LogP contribution < -0.4 is 10.6 Å². The highest BCUT2D eigenvalue weighted by atomic mass is 79.9. The quantitative estimate of drug-likeness (QED) is 0.916. The Kier molecular flexibility index (Phi) is 4.81. The molecular weight excluding hydrogens is 264 g/mol. The van der Waals surface area contributed by atoms with Gasteiger partial charge in [-0.3, -0.25) is 0 Å². The van der Waals surface area contributed by atoms with Gasteiger partial charge in [0.1, 0.15) is 0 Å². The van der Waals surface area contributed by atoms with Crippen LogP contribution in [0.2, 0.25) is 0 Å². The Labute approximate surface area is 107 Å². The number of hydrogen-bond acceptors (Lipinski definition) is 2. The molecule has 0 aliphatic rings. The summed E-state index contributed by atoms with van der Waals surface area (Å²) in [5.74, 6) is 0.657. The minimum atomic E-state index is 0.0840. The van der Waals surface area contributed by atoms with Crippen LogP contribution in [-0.4, -0.2) is 13.6 Å². The summed E-state index contributed by atoms with van der Waals surface area (Å²) >= 11 is 3.61. The first-order valence-electron chi connectivity index (χ1n) is 5.68. The highest BCUT2D eigenvalue weighted by molar-refractivity contribution is 9.10. The first kappa shape index (κ1) is 13.5. The molecule has 16 heavy (non-hydrogen) atoms. The molecule has 90 valence electrons. The zero-order valence-electron chi connectivity index (χ0n) is 10.5. The molecule has 0 aromatic heterocycles. The van der Waals surface area contributed by atoms with Crippen LogP contribution in [0.1, 0.15) is 32.4 Å². The monoisotopic (exact) mass is 284 g/mol. The van der Waals surface area contributed by atoms with Crippen molar-refractivity contribution < 1.29 is 0 Å². The molecule has 1 rings (SSSR count). The number of halogens is 1. The van der Waals surface area contributed by atoms with E-state index in [1.807, 2.05) is 6.92 Å².